The normalized spacial score (nSPS) is 11.7. The van der Waals surface area contributed by atoms with Crippen molar-refractivity contribution in [2.24, 2.45) is 0 Å². The van der Waals surface area contributed by atoms with E-state index >= 15 is 0 Å². The van der Waals surface area contributed by atoms with Gasteiger partial charge in [-0.25, -0.2) is 4.79 Å². The number of benzene rings is 1. The molecular weight excluding hydrogens is 297 g/mol. The van der Waals surface area contributed by atoms with Gasteiger partial charge >= 0.3 is 5.97 Å². The molecule has 0 heterocycles. The molecule has 0 aliphatic rings. The van der Waals surface area contributed by atoms with Crippen LogP contribution in [-0.4, -0.2) is 41.3 Å². The Morgan fingerprint density at radius 2 is 2.00 bits per heavy atom. The van der Waals surface area contributed by atoms with Crippen molar-refractivity contribution in [1.29, 1.82) is 0 Å². The first-order chi connectivity index (χ1) is 8.93. The summed E-state index contributed by atoms with van der Waals surface area (Å²) >= 11 is 11.5. The van der Waals surface area contributed by atoms with Gasteiger partial charge in [0.15, 0.2) is 6.61 Å². The number of aliphatic hydroxyl groups is 1. The van der Waals surface area contributed by atoms with Crippen molar-refractivity contribution in [3.8, 4) is 5.75 Å². The van der Waals surface area contributed by atoms with Gasteiger partial charge in [0, 0.05) is 6.07 Å². The van der Waals surface area contributed by atoms with Crippen molar-refractivity contribution >= 4 is 35.1 Å². The van der Waals surface area contributed by atoms with E-state index in [0.29, 0.717) is 10.8 Å². The Kier molecular flexibility index (Phi) is 5.88. The zero-order valence-electron chi connectivity index (χ0n) is 9.60. The number of carbonyl (C=O) groups excluding carboxylic acids is 1. The zero-order chi connectivity index (χ0) is 14.4. The van der Waals surface area contributed by atoms with Crippen molar-refractivity contribution in [2.75, 3.05) is 13.2 Å². The van der Waals surface area contributed by atoms with Gasteiger partial charge < -0.3 is 20.3 Å². The summed E-state index contributed by atoms with van der Waals surface area (Å²) in [5, 5.41) is 20.1. The van der Waals surface area contributed by atoms with E-state index in [-0.39, 0.29) is 5.02 Å². The van der Waals surface area contributed by atoms with E-state index in [2.05, 4.69) is 5.32 Å². The number of carboxylic acids is 1. The van der Waals surface area contributed by atoms with Crippen LogP contribution in [0.15, 0.2) is 18.2 Å². The molecule has 0 saturated carbocycles. The van der Waals surface area contributed by atoms with Crippen LogP contribution < -0.4 is 10.1 Å². The summed E-state index contributed by atoms with van der Waals surface area (Å²) in [5.74, 6) is -1.68. The van der Waals surface area contributed by atoms with Crippen molar-refractivity contribution < 1.29 is 24.5 Å². The predicted molar refractivity (Wildman–Crippen MR) is 68.6 cm³/mol. The molecular formula is C11H11Cl2NO5. The fraction of sp³-hybridized carbons (Fsp3) is 0.273. The van der Waals surface area contributed by atoms with Crippen LogP contribution >= 0.6 is 23.2 Å². The highest BCUT2D eigenvalue weighted by Gasteiger charge is 2.18. The molecule has 0 aromatic heterocycles. The molecule has 1 aromatic rings. The standard InChI is InChI=1S/C11H11Cl2NO5/c12-7-2-1-6(3-8(7)13)19-5-10(16)14-9(4-15)11(17)18/h1-3,9,15H,4-5H2,(H,14,16)(H,17,18)/t9-/m1/s1. The maximum absolute atomic E-state index is 11.4. The lowest BCUT2D eigenvalue weighted by Gasteiger charge is -2.12. The molecule has 8 heteroatoms. The number of aliphatic carboxylic acids is 1. The molecule has 3 N–H and O–H groups in total. The first-order valence-corrected chi connectivity index (χ1v) is 5.90. The molecule has 1 aromatic carbocycles. The Morgan fingerprint density at radius 1 is 1.32 bits per heavy atom. The molecule has 0 radical (unpaired) electrons. The number of nitrogens with one attached hydrogen (secondary N) is 1. The van der Waals surface area contributed by atoms with Gasteiger partial charge in [-0.2, -0.15) is 0 Å². The molecule has 0 spiro atoms. The summed E-state index contributed by atoms with van der Waals surface area (Å²) in [4.78, 5) is 21.9. The molecule has 0 bridgehead atoms. The largest absolute Gasteiger partial charge is 0.484 e. The summed E-state index contributed by atoms with van der Waals surface area (Å²) in [6.07, 6.45) is 0. The smallest absolute Gasteiger partial charge is 0.328 e. The van der Waals surface area contributed by atoms with E-state index in [0.717, 1.165) is 0 Å². The van der Waals surface area contributed by atoms with Crippen LogP contribution in [0.1, 0.15) is 0 Å². The van der Waals surface area contributed by atoms with Crippen LogP contribution in [-0.2, 0) is 9.59 Å². The highest BCUT2D eigenvalue weighted by Crippen LogP contribution is 2.26. The molecule has 0 aliphatic carbocycles. The van der Waals surface area contributed by atoms with Gasteiger partial charge in [0.2, 0.25) is 0 Å². The molecule has 6 nitrogen and oxygen atoms in total. The first-order valence-electron chi connectivity index (χ1n) is 5.15. The van der Waals surface area contributed by atoms with E-state index in [1.54, 1.807) is 0 Å². The molecule has 0 fully saturated rings. The monoisotopic (exact) mass is 307 g/mol. The number of halogens is 2. The first kappa shape index (κ1) is 15.6. The highest BCUT2D eigenvalue weighted by molar-refractivity contribution is 6.42. The summed E-state index contributed by atoms with van der Waals surface area (Å²) in [7, 11) is 0. The number of carbonyl (C=O) groups is 2. The Bertz CT molecular complexity index is 480. The number of hydrogen-bond donors (Lipinski definition) is 3. The SMILES string of the molecule is O=C(COc1ccc(Cl)c(Cl)c1)N[C@H](CO)C(=O)O. The van der Waals surface area contributed by atoms with Crippen LogP contribution in [0.25, 0.3) is 0 Å². The lowest BCUT2D eigenvalue weighted by Crippen LogP contribution is -2.45. The van der Waals surface area contributed by atoms with Crippen LogP contribution in [0.5, 0.6) is 5.75 Å². The number of hydrogen-bond acceptors (Lipinski definition) is 4. The van der Waals surface area contributed by atoms with E-state index in [1.807, 2.05) is 0 Å². The van der Waals surface area contributed by atoms with E-state index in [1.165, 1.54) is 18.2 Å². The highest BCUT2D eigenvalue weighted by atomic mass is 35.5. The average Bonchev–Trinajstić information content (AvgIpc) is 2.37. The quantitative estimate of drug-likeness (QED) is 0.726. The van der Waals surface area contributed by atoms with Crippen LogP contribution in [0.2, 0.25) is 10.0 Å². The number of ether oxygens (including phenoxy) is 1. The van der Waals surface area contributed by atoms with Crippen molar-refractivity contribution in [1.82, 2.24) is 5.32 Å². The zero-order valence-corrected chi connectivity index (χ0v) is 11.1. The third-order valence-corrected chi connectivity index (χ3v) is 2.82. The fourth-order valence-electron chi connectivity index (χ4n) is 1.14. The molecule has 1 atom stereocenters. The minimum atomic E-state index is -1.36. The summed E-state index contributed by atoms with van der Waals surface area (Å²) in [6.45, 7) is -1.10. The second kappa shape index (κ2) is 7.18. The topological polar surface area (TPSA) is 95.9 Å². The van der Waals surface area contributed by atoms with E-state index in [9.17, 15) is 9.59 Å². The van der Waals surface area contributed by atoms with Crippen molar-refractivity contribution in [3.05, 3.63) is 28.2 Å². The van der Waals surface area contributed by atoms with Gasteiger partial charge in [-0.3, -0.25) is 4.79 Å². The Balaban J connectivity index is 2.49. The number of carboxylic acid groups (broad SMARTS) is 1. The van der Waals surface area contributed by atoms with E-state index < -0.39 is 31.1 Å². The van der Waals surface area contributed by atoms with Crippen molar-refractivity contribution in [2.45, 2.75) is 6.04 Å². The Hall–Kier alpha value is -1.50. The Labute approximate surface area is 118 Å². The van der Waals surface area contributed by atoms with Crippen molar-refractivity contribution in [3.63, 3.8) is 0 Å². The van der Waals surface area contributed by atoms with Gasteiger partial charge in [-0.15, -0.1) is 0 Å². The minimum absolute atomic E-state index is 0.276. The lowest BCUT2D eigenvalue weighted by atomic mass is 10.3. The van der Waals surface area contributed by atoms with Gasteiger partial charge in [0.05, 0.1) is 16.7 Å². The number of rotatable bonds is 6. The molecule has 0 saturated heterocycles. The minimum Gasteiger partial charge on any atom is -0.484 e. The molecule has 104 valence electrons. The number of amides is 1. The maximum atomic E-state index is 11.4. The summed E-state index contributed by atoms with van der Waals surface area (Å²) in [5.41, 5.74) is 0. The fourth-order valence-corrected chi connectivity index (χ4v) is 1.43. The molecule has 1 rings (SSSR count). The third-order valence-electron chi connectivity index (χ3n) is 2.08. The van der Waals surface area contributed by atoms with Crippen LogP contribution in [0.3, 0.4) is 0 Å². The lowest BCUT2D eigenvalue weighted by molar-refractivity contribution is -0.143. The van der Waals surface area contributed by atoms with Crippen LogP contribution in [0.4, 0.5) is 0 Å². The maximum Gasteiger partial charge on any atom is 0.328 e. The molecule has 0 aliphatic heterocycles. The van der Waals surface area contributed by atoms with E-state index in [4.69, 9.17) is 38.2 Å². The van der Waals surface area contributed by atoms with Gasteiger partial charge in [-0.05, 0) is 12.1 Å². The second-order valence-electron chi connectivity index (χ2n) is 3.51. The number of aliphatic hydroxyl groups excluding tert-OH is 1. The van der Waals surface area contributed by atoms with Gasteiger partial charge in [0.1, 0.15) is 11.8 Å². The third kappa shape index (κ3) is 4.94. The molecule has 1 amide bonds. The summed E-state index contributed by atoms with van der Waals surface area (Å²) < 4.78 is 5.10. The second-order valence-corrected chi connectivity index (χ2v) is 4.32. The summed E-state index contributed by atoms with van der Waals surface area (Å²) in [6, 6.07) is 3.09. The Morgan fingerprint density at radius 3 is 2.53 bits per heavy atom. The average molecular weight is 308 g/mol. The molecule has 19 heavy (non-hydrogen) atoms. The van der Waals surface area contributed by atoms with Gasteiger partial charge in [-0.1, -0.05) is 23.2 Å². The molecule has 0 unspecified atom stereocenters. The van der Waals surface area contributed by atoms with Gasteiger partial charge in [0.25, 0.3) is 5.91 Å². The predicted octanol–water partition coefficient (Wildman–Crippen LogP) is 0.934. The van der Waals surface area contributed by atoms with Crippen LogP contribution in [0, 0.1) is 0 Å².